The molecule has 1 saturated heterocycles. The zero-order valence-electron chi connectivity index (χ0n) is 18.7. The first kappa shape index (κ1) is 24.4. The van der Waals surface area contributed by atoms with Gasteiger partial charge >= 0.3 is 17.9 Å². The first-order valence-electron chi connectivity index (χ1n) is 10.2. The fourth-order valence-electron chi connectivity index (χ4n) is 3.37. The summed E-state index contributed by atoms with van der Waals surface area (Å²) in [7, 11) is 1.60. The van der Waals surface area contributed by atoms with Crippen LogP contribution in [0.1, 0.15) is 20.8 Å². The lowest BCUT2D eigenvalue weighted by Gasteiger charge is -2.39. The first-order valence-corrected chi connectivity index (χ1v) is 11.2. The van der Waals surface area contributed by atoms with E-state index in [0.29, 0.717) is 5.75 Å². The molecule has 0 N–H and O–H groups in total. The number of carbonyl (C=O) groups excluding carboxylic acids is 3. The molecule has 10 heteroatoms. The molecule has 1 aromatic heterocycles. The van der Waals surface area contributed by atoms with E-state index in [1.54, 1.807) is 19.4 Å². The third-order valence-electron chi connectivity index (χ3n) is 4.69. The number of carbonyl (C=O) groups is 3. The summed E-state index contributed by atoms with van der Waals surface area (Å²) in [5.74, 6) is -0.254. The summed E-state index contributed by atoms with van der Waals surface area (Å²) in [4.78, 5) is 39.3. The zero-order valence-corrected chi connectivity index (χ0v) is 19.5. The summed E-state index contributed by atoms with van der Waals surface area (Å²) in [5.41, 5.74) is 1.00. The Morgan fingerprint density at radius 2 is 1.48 bits per heavy atom. The number of methoxy groups -OCH3 is 1. The van der Waals surface area contributed by atoms with Crippen LogP contribution in [0, 0.1) is 0 Å². The fourth-order valence-corrected chi connectivity index (χ4v) is 4.59. The Balaban J connectivity index is 1.85. The van der Waals surface area contributed by atoms with Gasteiger partial charge in [0.05, 0.1) is 13.3 Å². The Bertz CT molecular complexity index is 996. The van der Waals surface area contributed by atoms with E-state index >= 15 is 0 Å². The van der Waals surface area contributed by atoms with Crippen molar-refractivity contribution in [1.29, 1.82) is 0 Å². The van der Waals surface area contributed by atoms with Crippen LogP contribution in [-0.2, 0) is 28.6 Å². The second-order valence-corrected chi connectivity index (χ2v) is 8.38. The van der Waals surface area contributed by atoms with E-state index < -0.39 is 41.7 Å². The molecule has 1 aromatic carbocycles. The average molecular weight is 476 g/mol. The molecule has 2 aromatic rings. The summed E-state index contributed by atoms with van der Waals surface area (Å²) >= 11 is 1.28. The standard InChI is InChI=1S/C23H25NO8S/c1-13(25)29-20-12-33-23(22(31-15(3)27)21(20)30-14(2)26)32-19-9-17(10-24-11-19)16-5-7-18(28-4)8-6-16/h5-11,20-23H,12H2,1-4H3/t20-,21+,22-,23-/m1/s1. The SMILES string of the molecule is COc1ccc(-c2cncc(O[C@@H]3SC[C@@H](OC(C)=O)[C@H](OC(C)=O)[C@H]3OC(C)=O)c2)cc1. The van der Waals surface area contributed by atoms with Crippen LogP contribution in [-0.4, -0.2) is 59.5 Å². The molecule has 0 amide bonds. The van der Waals surface area contributed by atoms with Gasteiger partial charge in [-0.1, -0.05) is 12.1 Å². The van der Waals surface area contributed by atoms with Crippen LogP contribution in [0.3, 0.4) is 0 Å². The third-order valence-corrected chi connectivity index (χ3v) is 5.91. The van der Waals surface area contributed by atoms with Crippen LogP contribution < -0.4 is 9.47 Å². The summed E-state index contributed by atoms with van der Waals surface area (Å²) in [6, 6.07) is 9.29. The van der Waals surface area contributed by atoms with Crippen LogP contribution in [0.2, 0.25) is 0 Å². The maximum Gasteiger partial charge on any atom is 0.303 e. The smallest absolute Gasteiger partial charge is 0.303 e. The molecule has 176 valence electrons. The minimum absolute atomic E-state index is 0.283. The highest BCUT2D eigenvalue weighted by Gasteiger charge is 2.47. The van der Waals surface area contributed by atoms with Gasteiger partial charge in [-0.2, -0.15) is 0 Å². The number of hydrogen-bond acceptors (Lipinski definition) is 10. The summed E-state index contributed by atoms with van der Waals surface area (Å²) < 4.78 is 27.4. The van der Waals surface area contributed by atoms with Gasteiger partial charge in [0.2, 0.25) is 0 Å². The largest absolute Gasteiger partial charge is 0.497 e. The van der Waals surface area contributed by atoms with Gasteiger partial charge in [-0.05, 0) is 23.8 Å². The fraction of sp³-hybridized carbons (Fsp3) is 0.391. The Morgan fingerprint density at radius 3 is 2.09 bits per heavy atom. The number of thioether (sulfide) groups is 1. The zero-order chi connectivity index (χ0) is 24.0. The monoisotopic (exact) mass is 475 g/mol. The number of ether oxygens (including phenoxy) is 5. The van der Waals surface area contributed by atoms with E-state index in [0.717, 1.165) is 16.9 Å². The van der Waals surface area contributed by atoms with Gasteiger partial charge < -0.3 is 23.7 Å². The third kappa shape index (κ3) is 6.61. The van der Waals surface area contributed by atoms with Crippen LogP contribution >= 0.6 is 11.8 Å². The number of esters is 3. The quantitative estimate of drug-likeness (QED) is 0.438. The van der Waals surface area contributed by atoms with Gasteiger partial charge in [0.1, 0.15) is 11.5 Å². The molecule has 1 aliphatic heterocycles. The molecule has 1 aliphatic rings. The molecule has 0 spiro atoms. The van der Waals surface area contributed by atoms with Crippen LogP contribution in [0.25, 0.3) is 11.1 Å². The van der Waals surface area contributed by atoms with E-state index in [4.69, 9.17) is 23.7 Å². The predicted octanol–water partition coefficient (Wildman–Crippen LogP) is 3.00. The molecule has 0 radical (unpaired) electrons. The Labute approximate surface area is 195 Å². The van der Waals surface area contributed by atoms with Gasteiger partial charge in [0.15, 0.2) is 23.7 Å². The number of benzene rings is 1. The number of hydrogen-bond donors (Lipinski definition) is 0. The van der Waals surface area contributed by atoms with Crippen LogP contribution in [0.15, 0.2) is 42.7 Å². The van der Waals surface area contributed by atoms with Crippen molar-refractivity contribution in [1.82, 2.24) is 4.98 Å². The lowest BCUT2D eigenvalue weighted by Crippen LogP contribution is -2.55. The number of rotatable bonds is 7. The molecule has 3 rings (SSSR count). The van der Waals surface area contributed by atoms with Crippen molar-refractivity contribution >= 4 is 29.7 Å². The van der Waals surface area contributed by atoms with E-state index in [-0.39, 0.29) is 5.75 Å². The van der Waals surface area contributed by atoms with Crippen molar-refractivity contribution < 1.29 is 38.1 Å². The lowest BCUT2D eigenvalue weighted by atomic mass is 10.1. The minimum atomic E-state index is -1.01. The first-order chi connectivity index (χ1) is 15.8. The van der Waals surface area contributed by atoms with Gasteiger partial charge in [-0.3, -0.25) is 19.4 Å². The Kier molecular flexibility index (Phi) is 8.16. The Hall–Kier alpha value is -3.27. The molecule has 4 atom stereocenters. The van der Waals surface area contributed by atoms with Crippen molar-refractivity contribution in [3.8, 4) is 22.6 Å². The van der Waals surface area contributed by atoms with Crippen LogP contribution in [0.5, 0.6) is 11.5 Å². The highest BCUT2D eigenvalue weighted by molar-refractivity contribution is 7.99. The summed E-state index contributed by atoms with van der Waals surface area (Å²) in [6.07, 6.45) is 0.435. The summed E-state index contributed by atoms with van der Waals surface area (Å²) in [6.45, 7) is 3.73. The molecule has 0 saturated carbocycles. The molecule has 33 heavy (non-hydrogen) atoms. The molecule has 1 fully saturated rings. The number of pyridine rings is 1. The van der Waals surface area contributed by atoms with Crippen molar-refractivity contribution in [3.63, 3.8) is 0 Å². The van der Waals surface area contributed by atoms with E-state index in [1.807, 2.05) is 24.3 Å². The highest BCUT2D eigenvalue weighted by atomic mass is 32.2. The van der Waals surface area contributed by atoms with Gasteiger partial charge in [-0.25, -0.2) is 0 Å². The van der Waals surface area contributed by atoms with Gasteiger partial charge in [0, 0.05) is 38.3 Å². The molecule has 0 bridgehead atoms. The second-order valence-electron chi connectivity index (χ2n) is 7.25. The molecule has 0 unspecified atom stereocenters. The van der Waals surface area contributed by atoms with Crippen molar-refractivity contribution in [2.45, 2.75) is 44.5 Å². The topological polar surface area (TPSA) is 110 Å². The molecule has 0 aliphatic carbocycles. The summed E-state index contributed by atoms with van der Waals surface area (Å²) in [5, 5.41) is 0. The normalized spacial score (nSPS) is 22.1. The maximum atomic E-state index is 11.8. The lowest BCUT2D eigenvalue weighted by molar-refractivity contribution is -0.186. The van der Waals surface area contributed by atoms with E-state index in [2.05, 4.69) is 4.98 Å². The van der Waals surface area contributed by atoms with Crippen molar-refractivity contribution in [2.75, 3.05) is 12.9 Å². The molecular weight excluding hydrogens is 450 g/mol. The van der Waals surface area contributed by atoms with Gasteiger partial charge in [0.25, 0.3) is 0 Å². The van der Waals surface area contributed by atoms with E-state index in [9.17, 15) is 14.4 Å². The second kappa shape index (κ2) is 11.0. The van der Waals surface area contributed by atoms with Crippen LogP contribution in [0.4, 0.5) is 0 Å². The highest BCUT2D eigenvalue weighted by Crippen LogP contribution is 2.35. The maximum absolute atomic E-state index is 11.8. The molecule has 2 heterocycles. The number of aromatic nitrogens is 1. The van der Waals surface area contributed by atoms with Gasteiger partial charge in [-0.15, -0.1) is 11.8 Å². The molecule has 9 nitrogen and oxygen atoms in total. The van der Waals surface area contributed by atoms with Crippen molar-refractivity contribution in [3.05, 3.63) is 42.7 Å². The van der Waals surface area contributed by atoms with Crippen molar-refractivity contribution in [2.24, 2.45) is 0 Å². The Morgan fingerprint density at radius 1 is 0.848 bits per heavy atom. The van der Waals surface area contributed by atoms with E-state index in [1.165, 1.54) is 38.7 Å². The average Bonchev–Trinajstić information content (AvgIpc) is 2.77. The predicted molar refractivity (Wildman–Crippen MR) is 120 cm³/mol. The minimum Gasteiger partial charge on any atom is -0.497 e. The number of nitrogens with zero attached hydrogens (tertiary/aromatic N) is 1. The molecular formula is C23H25NO8S.